The topological polar surface area (TPSA) is 98.0 Å². The normalized spacial score (nSPS) is 11.4. The molecule has 0 aliphatic heterocycles. The third-order valence-electron chi connectivity index (χ3n) is 6.00. The van der Waals surface area contributed by atoms with Crippen molar-refractivity contribution in [1.82, 2.24) is 14.3 Å². The van der Waals surface area contributed by atoms with Crippen LogP contribution in [0.5, 0.6) is 0 Å². The number of carbonyl (C=O) groups excluding carboxylic acids is 1. The minimum absolute atomic E-state index is 0.0686. The van der Waals surface area contributed by atoms with Crippen LogP contribution in [-0.4, -0.2) is 20.3 Å². The molecule has 198 valence electrons. The molecular weight excluding hydrogens is 607 g/mol. The fraction of sp³-hybridized carbons (Fsp3) is 0.259. The van der Waals surface area contributed by atoms with E-state index in [9.17, 15) is 18.8 Å². The minimum Gasteiger partial charge on any atom is -0.350 e. The Morgan fingerprint density at radius 3 is 2.37 bits per heavy atom. The summed E-state index contributed by atoms with van der Waals surface area (Å²) in [5.41, 5.74) is -0.921. The summed E-state index contributed by atoms with van der Waals surface area (Å²) in [6.45, 7) is 7.02. The van der Waals surface area contributed by atoms with Gasteiger partial charge >= 0.3 is 0 Å². The number of hydrogen-bond acceptors (Lipinski definition) is 5. The lowest BCUT2D eigenvalue weighted by Crippen LogP contribution is -2.31. The summed E-state index contributed by atoms with van der Waals surface area (Å²) in [6.07, 6.45) is 0. The zero-order chi connectivity index (χ0) is 27.9. The molecule has 0 saturated carbocycles. The Balaban J connectivity index is 2.07. The van der Waals surface area contributed by atoms with Gasteiger partial charge in [-0.25, -0.2) is 9.07 Å². The van der Waals surface area contributed by atoms with E-state index in [0.29, 0.717) is 14.8 Å². The van der Waals surface area contributed by atoms with E-state index in [-0.39, 0.29) is 34.1 Å². The van der Waals surface area contributed by atoms with Crippen LogP contribution in [-0.2, 0) is 11.8 Å². The highest BCUT2D eigenvalue weighted by atomic mass is 127. The summed E-state index contributed by atoms with van der Waals surface area (Å²) < 4.78 is 33.0. The van der Waals surface area contributed by atoms with Crippen molar-refractivity contribution < 1.29 is 13.6 Å². The SMILES string of the molecule is CC(C)C(=O)Nc1cccc(-c2nn(C(C)C)c(=O)c3c(Nc4ccc(I)cc4F)c(F)c(=O)n(C)c23)c1. The van der Waals surface area contributed by atoms with Crippen molar-refractivity contribution in [2.75, 3.05) is 10.6 Å². The van der Waals surface area contributed by atoms with Crippen molar-refractivity contribution in [2.24, 2.45) is 13.0 Å². The summed E-state index contributed by atoms with van der Waals surface area (Å²) in [6, 6.07) is 10.6. The first kappa shape index (κ1) is 27.4. The lowest BCUT2D eigenvalue weighted by atomic mass is 10.1. The van der Waals surface area contributed by atoms with Crippen LogP contribution in [0.3, 0.4) is 0 Å². The largest absolute Gasteiger partial charge is 0.350 e. The second kappa shape index (κ2) is 10.6. The van der Waals surface area contributed by atoms with Gasteiger partial charge in [-0.1, -0.05) is 26.0 Å². The molecule has 2 N–H and O–H groups in total. The van der Waals surface area contributed by atoms with Gasteiger partial charge in [-0.3, -0.25) is 14.4 Å². The van der Waals surface area contributed by atoms with Crippen LogP contribution in [0.25, 0.3) is 22.2 Å². The summed E-state index contributed by atoms with van der Waals surface area (Å²) in [5.74, 6) is -2.33. The number of rotatable bonds is 6. The number of fused-ring (bicyclic) bond motifs is 1. The lowest BCUT2D eigenvalue weighted by Gasteiger charge is -2.19. The van der Waals surface area contributed by atoms with Crippen LogP contribution in [0, 0.1) is 21.1 Å². The lowest BCUT2D eigenvalue weighted by molar-refractivity contribution is -0.118. The molecule has 0 saturated heterocycles. The van der Waals surface area contributed by atoms with Crippen LogP contribution in [0.1, 0.15) is 33.7 Å². The molecule has 0 spiro atoms. The van der Waals surface area contributed by atoms with Crippen LogP contribution in [0.2, 0.25) is 0 Å². The van der Waals surface area contributed by atoms with Gasteiger partial charge in [0.05, 0.1) is 28.3 Å². The maximum absolute atomic E-state index is 15.5. The molecule has 4 aromatic rings. The maximum Gasteiger partial charge on any atom is 0.289 e. The van der Waals surface area contributed by atoms with Gasteiger partial charge in [-0.15, -0.1) is 0 Å². The van der Waals surface area contributed by atoms with Crippen LogP contribution in [0.15, 0.2) is 52.1 Å². The molecule has 1 amide bonds. The Morgan fingerprint density at radius 2 is 1.74 bits per heavy atom. The highest BCUT2D eigenvalue weighted by Gasteiger charge is 2.25. The predicted molar refractivity (Wildman–Crippen MR) is 153 cm³/mol. The van der Waals surface area contributed by atoms with Crippen molar-refractivity contribution in [2.45, 2.75) is 33.7 Å². The van der Waals surface area contributed by atoms with Crippen molar-refractivity contribution in [3.63, 3.8) is 0 Å². The van der Waals surface area contributed by atoms with Gasteiger partial charge in [-0.05, 0) is 66.8 Å². The number of amides is 1. The highest BCUT2D eigenvalue weighted by Crippen LogP contribution is 2.33. The molecule has 8 nitrogen and oxygen atoms in total. The number of carbonyl (C=O) groups is 1. The van der Waals surface area contributed by atoms with E-state index in [1.54, 1.807) is 58.0 Å². The summed E-state index contributed by atoms with van der Waals surface area (Å²) >= 11 is 1.94. The molecule has 0 fully saturated rings. The van der Waals surface area contributed by atoms with E-state index >= 15 is 4.39 Å². The van der Waals surface area contributed by atoms with E-state index in [0.717, 1.165) is 4.57 Å². The summed E-state index contributed by atoms with van der Waals surface area (Å²) in [7, 11) is 1.34. The van der Waals surface area contributed by atoms with Crippen LogP contribution >= 0.6 is 22.6 Å². The average Bonchev–Trinajstić information content (AvgIpc) is 2.86. The number of hydrogen-bond donors (Lipinski definition) is 2. The number of benzene rings is 2. The van der Waals surface area contributed by atoms with Gasteiger partial charge < -0.3 is 15.2 Å². The molecule has 2 heterocycles. The fourth-order valence-electron chi connectivity index (χ4n) is 3.97. The molecule has 4 rings (SSSR count). The Hall–Kier alpha value is -3.61. The van der Waals surface area contributed by atoms with Crippen LogP contribution in [0.4, 0.5) is 25.8 Å². The van der Waals surface area contributed by atoms with E-state index in [1.165, 1.54) is 23.9 Å². The number of aryl methyl sites for hydroxylation is 1. The Morgan fingerprint density at radius 1 is 1.03 bits per heavy atom. The van der Waals surface area contributed by atoms with E-state index in [4.69, 9.17) is 0 Å². The molecule has 0 aliphatic carbocycles. The van der Waals surface area contributed by atoms with Crippen molar-refractivity contribution in [3.8, 4) is 11.3 Å². The number of nitrogens with one attached hydrogen (secondary N) is 2. The number of halogens is 3. The molecule has 0 bridgehead atoms. The summed E-state index contributed by atoms with van der Waals surface area (Å²) in [5, 5.41) is 9.86. The van der Waals surface area contributed by atoms with Crippen molar-refractivity contribution in [3.05, 3.63) is 78.4 Å². The fourth-order valence-corrected chi connectivity index (χ4v) is 4.42. The molecule has 0 atom stereocenters. The van der Waals surface area contributed by atoms with Gasteiger partial charge in [0.15, 0.2) is 0 Å². The number of anilines is 3. The molecule has 0 radical (unpaired) electrons. The predicted octanol–water partition coefficient (Wildman–Crippen LogP) is 5.56. The first-order valence-electron chi connectivity index (χ1n) is 11.9. The average molecular weight is 633 g/mol. The maximum atomic E-state index is 15.5. The third-order valence-corrected chi connectivity index (χ3v) is 6.67. The number of nitrogens with zero attached hydrogens (tertiary/aromatic N) is 3. The first-order valence-corrected chi connectivity index (χ1v) is 13.0. The van der Waals surface area contributed by atoms with Crippen molar-refractivity contribution >= 4 is 56.5 Å². The molecule has 2 aromatic heterocycles. The van der Waals surface area contributed by atoms with E-state index in [2.05, 4.69) is 15.7 Å². The smallest absolute Gasteiger partial charge is 0.289 e. The number of pyridine rings is 1. The van der Waals surface area contributed by atoms with E-state index in [1.807, 2.05) is 22.6 Å². The van der Waals surface area contributed by atoms with Gasteiger partial charge in [0.2, 0.25) is 11.7 Å². The zero-order valence-corrected chi connectivity index (χ0v) is 23.6. The molecular formula is C27H26F2IN5O3. The molecule has 2 aromatic carbocycles. The standard InChI is InChI=1S/C27H26F2IN5O3/c1-13(2)25(36)31-17-8-6-7-15(11-17)22-24-20(26(37)35(33-22)14(3)4)23(21(29)27(38)34(24)5)32-19-10-9-16(30)12-18(19)28/h6-14,32H,1-5H3,(H,31,36). The Bertz CT molecular complexity index is 1700. The second-order valence-corrected chi connectivity index (χ2v) is 10.7. The van der Waals surface area contributed by atoms with Gasteiger partial charge in [0.1, 0.15) is 11.5 Å². The Labute approximate surface area is 230 Å². The minimum atomic E-state index is -1.22. The summed E-state index contributed by atoms with van der Waals surface area (Å²) in [4.78, 5) is 38.9. The van der Waals surface area contributed by atoms with E-state index < -0.39 is 34.5 Å². The second-order valence-electron chi connectivity index (χ2n) is 9.44. The highest BCUT2D eigenvalue weighted by molar-refractivity contribution is 14.1. The zero-order valence-electron chi connectivity index (χ0n) is 21.4. The molecule has 0 unspecified atom stereocenters. The molecule has 11 heteroatoms. The van der Waals surface area contributed by atoms with Crippen molar-refractivity contribution in [1.29, 1.82) is 0 Å². The third kappa shape index (κ3) is 5.06. The first-order chi connectivity index (χ1) is 17.9. The van der Waals surface area contributed by atoms with Gasteiger partial charge in [-0.2, -0.15) is 9.49 Å². The quantitative estimate of drug-likeness (QED) is 0.271. The molecule has 0 aliphatic rings. The monoisotopic (exact) mass is 633 g/mol. The number of aromatic nitrogens is 3. The van der Waals surface area contributed by atoms with Crippen LogP contribution < -0.4 is 21.8 Å². The van der Waals surface area contributed by atoms with Gasteiger partial charge in [0, 0.05) is 27.8 Å². The van der Waals surface area contributed by atoms with Gasteiger partial charge in [0.25, 0.3) is 11.1 Å². The molecule has 38 heavy (non-hydrogen) atoms. The Kier molecular flexibility index (Phi) is 7.68.